The molecular weight excluding hydrogens is 306 g/mol. The Labute approximate surface area is 138 Å². The molecule has 122 valence electrons. The molecule has 2 aromatic carbocycles. The maximum atomic E-state index is 12.0. The zero-order valence-electron chi connectivity index (χ0n) is 13.2. The number of nitrogens with one attached hydrogen (secondary N) is 1. The monoisotopic (exact) mass is 323 g/mol. The largest absolute Gasteiger partial charge is 0.478 e. The molecule has 0 atom stereocenters. The molecule has 3 rings (SSSR count). The quantitative estimate of drug-likeness (QED) is 0.703. The van der Waals surface area contributed by atoms with E-state index in [2.05, 4.69) is 4.98 Å². The van der Waals surface area contributed by atoms with Crippen LogP contribution in [0.1, 0.15) is 38.9 Å². The van der Waals surface area contributed by atoms with Crippen molar-refractivity contribution in [3.8, 4) is 0 Å². The van der Waals surface area contributed by atoms with Gasteiger partial charge in [0.15, 0.2) is 0 Å². The Morgan fingerprint density at radius 1 is 1.12 bits per heavy atom. The number of aromatic carboxylic acids is 1. The summed E-state index contributed by atoms with van der Waals surface area (Å²) in [5.74, 6) is -1.29. The smallest absolute Gasteiger partial charge is 0.338 e. The van der Waals surface area contributed by atoms with E-state index in [-0.39, 0.29) is 11.5 Å². The molecule has 0 saturated carbocycles. The molecule has 0 amide bonds. The van der Waals surface area contributed by atoms with Crippen LogP contribution in [0.4, 0.5) is 0 Å². The number of hydrogen-bond acceptors (Lipinski definition) is 3. The van der Waals surface area contributed by atoms with Gasteiger partial charge in [0.25, 0.3) is 0 Å². The molecule has 0 bridgehead atoms. The minimum absolute atomic E-state index is 0.250. The van der Waals surface area contributed by atoms with Crippen LogP contribution in [0.2, 0.25) is 0 Å². The number of hydrogen-bond donors (Lipinski definition) is 2. The molecule has 0 aliphatic rings. The molecule has 0 unspecified atom stereocenters. The van der Waals surface area contributed by atoms with Gasteiger partial charge in [0.2, 0.25) is 0 Å². The number of aromatic nitrogens is 1. The summed E-state index contributed by atoms with van der Waals surface area (Å²) in [7, 11) is 0. The Kier molecular flexibility index (Phi) is 4.33. The Hall–Kier alpha value is -3.08. The van der Waals surface area contributed by atoms with Crippen molar-refractivity contribution < 1.29 is 19.4 Å². The summed E-state index contributed by atoms with van der Waals surface area (Å²) in [6.45, 7) is 2.11. The van der Waals surface area contributed by atoms with Crippen LogP contribution in [0.5, 0.6) is 0 Å². The number of ether oxygens (including phenoxy) is 1. The Bertz CT molecular complexity index is 911. The van der Waals surface area contributed by atoms with Crippen molar-refractivity contribution in [2.24, 2.45) is 0 Å². The van der Waals surface area contributed by atoms with Gasteiger partial charge in [-0.3, -0.25) is 0 Å². The highest BCUT2D eigenvalue weighted by Gasteiger charge is 2.13. The molecule has 0 aliphatic carbocycles. The summed E-state index contributed by atoms with van der Waals surface area (Å²) in [6.07, 6.45) is 0.534. The number of rotatable bonds is 5. The Balaban J connectivity index is 1.93. The van der Waals surface area contributed by atoms with Gasteiger partial charge in [-0.1, -0.05) is 18.2 Å². The molecule has 1 heterocycles. The maximum Gasteiger partial charge on any atom is 0.338 e. The minimum atomic E-state index is -0.952. The van der Waals surface area contributed by atoms with Gasteiger partial charge in [0.1, 0.15) is 0 Å². The molecule has 0 spiro atoms. The van der Waals surface area contributed by atoms with E-state index in [1.807, 2.05) is 18.2 Å². The van der Waals surface area contributed by atoms with Crippen LogP contribution in [0.25, 0.3) is 10.9 Å². The van der Waals surface area contributed by atoms with Gasteiger partial charge in [-0.05, 0) is 42.8 Å². The average molecular weight is 323 g/mol. The van der Waals surface area contributed by atoms with E-state index in [0.29, 0.717) is 18.6 Å². The summed E-state index contributed by atoms with van der Waals surface area (Å²) >= 11 is 0. The predicted molar refractivity (Wildman–Crippen MR) is 90.5 cm³/mol. The average Bonchev–Trinajstić information content (AvgIpc) is 2.96. The van der Waals surface area contributed by atoms with E-state index >= 15 is 0 Å². The highest BCUT2D eigenvalue weighted by Crippen LogP contribution is 2.21. The minimum Gasteiger partial charge on any atom is -0.478 e. The number of benzene rings is 2. The van der Waals surface area contributed by atoms with Crippen molar-refractivity contribution in [1.82, 2.24) is 4.98 Å². The summed E-state index contributed by atoms with van der Waals surface area (Å²) < 4.78 is 5.09. The highest BCUT2D eigenvalue weighted by atomic mass is 16.5. The number of carbonyl (C=O) groups is 2. The van der Waals surface area contributed by atoms with E-state index in [4.69, 9.17) is 9.84 Å². The molecule has 2 N–H and O–H groups in total. The van der Waals surface area contributed by atoms with E-state index in [1.54, 1.807) is 37.3 Å². The zero-order chi connectivity index (χ0) is 17.1. The van der Waals surface area contributed by atoms with Gasteiger partial charge in [0, 0.05) is 23.0 Å². The van der Waals surface area contributed by atoms with Crippen LogP contribution in [0, 0.1) is 0 Å². The van der Waals surface area contributed by atoms with Gasteiger partial charge < -0.3 is 14.8 Å². The van der Waals surface area contributed by atoms with E-state index in [1.165, 1.54) is 0 Å². The molecule has 5 nitrogen and oxygen atoms in total. The number of esters is 1. The number of carboxylic acid groups (broad SMARTS) is 1. The predicted octanol–water partition coefficient (Wildman–Crippen LogP) is 3.63. The Morgan fingerprint density at radius 3 is 2.67 bits per heavy atom. The van der Waals surface area contributed by atoms with Crippen LogP contribution in [0.3, 0.4) is 0 Å². The van der Waals surface area contributed by atoms with Gasteiger partial charge in [-0.15, -0.1) is 0 Å². The third-order valence-corrected chi connectivity index (χ3v) is 3.82. The first-order chi connectivity index (χ1) is 11.6. The van der Waals surface area contributed by atoms with Crippen molar-refractivity contribution in [3.05, 3.63) is 70.9 Å². The molecule has 3 aromatic rings. The lowest BCUT2D eigenvalue weighted by Crippen LogP contribution is -2.08. The molecule has 24 heavy (non-hydrogen) atoms. The summed E-state index contributed by atoms with van der Waals surface area (Å²) in [6, 6.07) is 14.2. The van der Waals surface area contributed by atoms with Crippen molar-refractivity contribution in [1.29, 1.82) is 0 Å². The van der Waals surface area contributed by atoms with Crippen LogP contribution in [-0.2, 0) is 11.2 Å². The molecule has 0 fully saturated rings. The second kappa shape index (κ2) is 6.58. The second-order valence-electron chi connectivity index (χ2n) is 5.46. The zero-order valence-corrected chi connectivity index (χ0v) is 13.2. The molecule has 0 saturated heterocycles. The standard InChI is InChI=1S/C19H17NO4/c1-2-24-19(23)16-6-4-3-5-12(16)10-15-11-14-9-13(18(21)22)7-8-17(14)20-15/h3-9,11,20H,2,10H2,1H3,(H,21,22). The first kappa shape index (κ1) is 15.8. The molecular formula is C19H17NO4. The summed E-state index contributed by atoms with van der Waals surface area (Å²) in [4.78, 5) is 26.4. The maximum absolute atomic E-state index is 12.0. The number of fused-ring (bicyclic) bond motifs is 1. The van der Waals surface area contributed by atoms with Crippen LogP contribution < -0.4 is 0 Å². The summed E-state index contributed by atoms with van der Waals surface area (Å²) in [5, 5.41) is 9.90. The van der Waals surface area contributed by atoms with E-state index < -0.39 is 5.97 Å². The van der Waals surface area contributed by atoms with Gasteiger partial charge in [-0.2, -0.15) is 0 Å². The van der Waals surface area contributed by atoms with Crippen molar-refractivity contribution in [2.75, 3.05) is 6.61 Å². The van der Waals surface area contributed by atoms with E-state index in [9.17, 15) is 9.59 Å². The molecule has 1 aromatic heterocycles. The van der Waals surface area contributed by atoms with Crippen molar-refractivity contribution >= 4 is 22.8 Å². The van der Waals surface area contributed by atoms with Crippen molar-refractivity contribution in [2.45, 2.75) is 13.3 Å². The van der Waals surface area contributed by atoms with Crippen LogP contribution >= 0.6 is 0 Å². The third kappa shape index (κ3) is 3.15. The number of aromatic amines is 1. The first-order valence-corrected chi connectivity index (χ1v) is 7.68. The van der Waals surface area contributed by atoms with Gasteiger partial charge in [0.05, 0.1) is 17.7 Å². The normalized spacial score (nSPS) is 10.7. The SMILES string of the molecule is CCOC(=O)c1ccccc1Cc1cc2cc(C(=O)O)ccc2[nH]1. The van der Waals surface area contributed by atoms with Crippen molar-refractivity contribution in [3.63, 3.8) is 0 Å². The fraction of sp³-hybridized carbons (Fsp3) is 0.158. The Morgan fingerprint density at radius 2 is 1.92 bits per heavy atom. The third-order valence-electron chi connectivity index (χ3n) is 3.82. The number of carboxylic acids is 1. The lowest BCUT2D eigenvalue weighted by atomic mass is 10.0. The fourth-order valence-electron chi connectivity index (χ4n) is 2.71. The number of H-pyrrole nitrogens is 1. The molecule has 0 radical (unpaired) electrons. The molecule has 5 heteroatoms. The number of carbonyl (C=O) groups excluding carboxylic acids is 1. The highest BCUT2D eigenvalue weighted by molar-refractivity contribution is 5.94. The van der Waals surface area contributed by atoms with Gasteiger partial charge >= 0.3 is 11.9 Å². The first-order valence-electron chi connectivity index (χ1n) is 7.68. The lowest BCUT2D eigenvalue weighted by molar-refractivity contribution is 0.0524. The van der Waals surface area contributed by atoms with Crippen LogP contribution in [0.15, 0.2) is 48.5 Å². The van der Waals surface area contributed by atoms with Gasteiger partial charge in [-0.25, -0.2) is 9.59 Å². The second-order valence-corrected chi connectivity index (χ2v) is 5.46. The molecule has 0 aliphatic heterocycles. The fourth-order valence-corrected chi connectivity index (χ4v) is 2.71. The topological polar surface area (TPSA) is 79.4 Å². The van der Waals surface area contributed by atoms with Crippen LogP contribution in [-0.4, -0.2) is 28.6 Å². The lowest BCUT2D eigenvalue weighted by Gasteiger charge is -2.07. The van der Waals surface area contributed by atoms with E-state index in [0.717, 1.165) is 22.2 Å². The summed E-state index contributed by atoms with van der Waals surface area (Å²) in [5.41, 5.74) is 3.43.